The summed E-state index contributed by atoms with van der Waals surface area (Å²) < 4.78 is 20.9. The summed E-state index contributed by atoms with van der Waals surface area (Å²) in [5.74, 6) is 0.636. The molecule has 6 rings (SSSR count). The maximum Gasteiger partial charge on any atom is 0.267 e. The highest BCUT2D eigenvalue weighted by molar-refractivity contribution is 6.35. The van der Waals surface area contributed by atoms with Crippen LogP contribution >= 0.6 is 11.6 Å². The average Bonchev–Trinajstić information content (AvgIpc) is 2.99. The SMILES string of the molecule is COc1ccc(CN2CN(C)C(=O)c3c(NC(C)c4nc5cccc(Cl)c5c(=O)n4-c4cccc(F)c4)nc(N)nc32)cc1. The number of nitrogens with zero attached hydrogens (tertiary/aromatic N) is 6. The first kappa shape index (κ1) is 28.9. The molecular formula is C31H28ClFN8O3. The predicted molar refractivity (Wildman–Crippen MR) is 167 cm³/mol. The van der Waals surface area contributed by atoms with Gasteiger partial charge < -0.3 is 25.6 Å². The topological polar surface area (TPSA) is 132 Å². The molecule has 0 fully saturated rings. The Balaban J connectivity index is 1.45. The van der Waals surface area contributed by atoms with Crippen LogP contribution in [-0.4, -0.2) is 51.2 Å². The summed E-state index contributed by atoms with van der Waals surface area (Å²) in [7, 11) is 3.29. The molecule has 0 spiro atoms. The number of amides is 1. The number of methoxy groups -OCH3 is 1. The number of hydrogen-bond acceptors (Lipinski definition) is 9. The zero-order chi connectivity index (χ0) is 31.1. The van der Waals surface area contributed by atoms with E-state index in [1.807, 2.05) is 29.2 Å². The summed E-state index contributed by atoms with van der Waals surface area (Å²) in [5, 5.41) is 3.66. The summed E-state index contributed by atoms with van der Waals surface area (Å²) in [6.45, 7) is 2.46. The smallest absolute Gasteiger partial charge is 0.267 e. The van der Waals surface area contributed by atoms with Gasteiger partial charge in [-0.1, -0.05) is 35.9 Å². The Bertz CT molecular complexity index is 1970. The van der Waals surface area contributed by atoms with Crippen molar-refractivity contribution >= 4 is 46.0 Å². The number of anilines is 3. The van der Waals surface area contributed by atoms with Gasteiger partial charge in [0, 0.05) is 13.6 Å². The molecule has 44 heavy (non-hydrogen) atoms. The number of rotatable bonds is 7. The van der Waals surface area contributed by atoms with Gasteiger partial charge in [0.15, 0.2) is 5.82 Å². The number of halogens is 2. The van der Waals surface area contributed by atoms with Crippen LogP contribution in [0.15, 0.2) is 71.5 Å². The summed E-state index contributed by atoms with van der Waals surface area (Å²) in [6, 6.07) is 17.5. The van der Waals surface area contributed by atoms with Crippen molar-refractivity contribution < 1.29 is 13.9 Å². The van der Waals surface area contributed by atoms with E-state index in [0.717, 1.165) is 11.3 Å². The van der Waals surface area contributed by atoms with E-state index in [-0.39, 0.29) is 51.8 Å². The van der Waals surface area contributed by atoms with Crippen molar-refractivity contribution in [2.75, 3.05) is 36.8 Å². The van der Waals surface area contributed by atoms with E-state index in [0.29, 0.717) is 17.9 Å². The van der Waals surface area contributed by atoms with Crippen LogP contribution in [0.1, 0.15) is 34.7 Å². The molecule has 5 aromatic rings. The number of nitrogen functional groups attached to an aromatic ring is 1. The number of carbonyl (C=O) groups is 1. The molecule has 1 amide bonds. The fourth-order valence-electron chi connectivity index (χ4n) is 5.28. The Morgan fingerprint density at radius 3 is 2.55 bits per heavy atom. The van der Waals surface area contributed by atoms with E-state index in [1.165, 1.54) is 22.8 Å². The van der Waals surface area contributed by atoms with E-state index < -0.39 is 17.4 Å². The minimum absolute atomic E-state index is 0.0451. The molecule has 0 saturated heterocycles. The van der Waals surface area contributed by atoms with Crippen LogP contribution in [0.25, 0.3) is 16.6 Å². The third-order valence-electron chi connectivity index (χ3n) is 7.36. The summed E-state index contributed by atoms with van der Waals surface area (Å²) in [4.78, 5) is 44.4. The lowest BCUT2D eigenvalue weighted by Gasteiger charge is -2.36. The molecule has 3 aromatic carbocycles. The second kappa shape index (κ2) is 11.5. The van der Waals surface area contributed by atoms with Crippen LogP contribution in [-0.2, 0) is 6.54 Å². The molecule has 11 nitrogen and oxygen atoms in total. The molecule has 1 atom stereocenters. The molecule has 0 radical (unpaired) electrons. The third-order valence-corrected chi connectivity index (χ3v) is 7.68. The summed E-state index contributed by atoms with van der Waals surface area (Å²) in [5.41, 5.74) is 7.51. The lowest BCUT2D eigenvalue weighted by molar-refractivity contribution is 0.0781. The highest BCUT2D eigenvalue weighted by Gasteiger charge is 2.33. The number of hydrogen-bond donors (Lipinski definition) is 2. The van der Waals surface area contributed by atoms with Gasteiger partial charge in [0.1, 0.15) is 28.8 Å². The molecule has 2 aromatic heterocycles. The van der Waals surface area contributed by atoms with Crippen molar-refractivity contribution in [2.45, 2.75) is 19.5 Å². The highest BCUT2D eigenvalue weighted by Crippen LogP contribution is 2.34. The zero-order valence-corrected chi connectivity index (χ0v) is 24.8. The van der Waals surface area contributed by atoms with E-state index in [2.05, 4.69) is 15.3 Å². The van der Waals surface area contributed by atoms with Crippen molar-refractivity contribution in [3.05, 3.63) is 105 Å². The number of fused-ring (bicyclic) bond motifs is 2. The quantitative estimate of drug-likeness (QED) is 0.266. The monoisotopic (exact) mass is 614 g/mol. The number of aromatic nitrogens is 4. The Labute approximate surface area is 256 Å². The van der Waals surface area contributed by atoms with Crippen molar-refractivity contribution in [2.24, 2.45) is 0 Å². The largest absolute Gasteiger partial charge is 0.497 e. The number of nitrogens with two attached hydrogens (primary N) is 1. The van der Waals surface area contributed by atoms with Crippen LogP contribution < -0.4 is 26.2 Å². The molecule has 224 valence electrons. The Morgan fingerprint density at radius 2 is 1.82 bits per heavy atom. The van der Waals surface area contributed by atoms with Crippen LogP contribution in [0, 0.1) is 5.82 Å². The standard InChI is InChI=1S/C31H28ClFN8O3/c1-17(27-36-23-9-5-8-22(32)24(23)30(43)41(27)20-7-4-6-19(33)14-20)35-26-25-28(38-31(34)37-26)40(16-39(2)29(25)42)15-18-10-12-21(44-3)13-11-18/h4-14,17H,15-16H2,1-3H3,(H3,34,35,37,38). The average molecular weight is 615 g/mol. The first-order valence-electron chi connectivity index (χ1n) is 13.7. The predicted octanol–water partition coefficient (Wildman–Crippen LogP) is 4.78. The molecule has 3 N–H and O–H groups in total. The Kier molecular flexibility index (Phi) is 7.52. The van der Waals surface area contributed by atoms with Gasteiger partial charge >= 0.3 is 0 Å². The number of carbonyl (C=O) groups excluding carboxylic acids is 1. The molecular weight excluding hydrogens is 587 g/mol. The molecule has 0 aliphatic carbocycles. The summed E-state index contributed by atoms with van der Waals surface area (Å²) in [6.07, 6.45) is 0. The van der Waals surface area contributed by atoms with Gasteiger partial charge in [0.05, 0.1) is 41.4 Å². The minimum Gasteiger partial charge on any atom is -0.497 e. The Hall–Kier alpha value is -5.23. The fourth-order valence-corrected chi connectivity index (χ4v) is 5.53. The molecule has 1 unspecified atom stereocenters. The number of benzene rings is 3. The van der Waals surface area contributed by atoms with Crippen LogP contribution in [0.2, 0.25) is 5.02 Å². The van der Waals surface area contributed by atoms with E-state index in [9.17, 15) is 14.0 Å². The molecule has 1 aliphatic rings. The highest BCUT2D eigenvalue weighted by atomic mass is 35.5. The van der Waals surface area contributed by atoms with Gasteiger partial charge in [-0.15, -0.1) is 0 Å². The lowest BCUT2D eigenvalue weighted by atomic mass is 10.1. The normalized spacial score (nSPS) is 13.6. The maximum atomic E-state index is 14.3. The van der Waals surface area contributed by atoms with Gasteiger partial charge in [0.25, 0.3) is 11.5 Å². The van der Waals surface area contributed by atoms with Crippen LogP contribution in [0.5, 0.6) is 5.75 Å². The van der Waals surface area contributed by atoms with Gasteiger partial charge in [0.2, 0.25) is 5.95 Å². The number of ether oxygens (including phenoxy) is 1. The first-order valence-corrected chi connectivity index (χ1v) is 14.1. The van der Waals surface area contributed by atoms with E-state index in [4.69, 9.17) is 27.1 Å². The first-order chi connectivity index (χ1) is 21.1. The van der Waals surface area contributed by atoms with Crippen molar-refractivity contribution in [3.63, 3.8) is 0 Å². The molecule has 0 bridgehead atoms. The van der Waals surface area contributed by atoms with Crippen molar-refractivity contribution in [3.8, 4) is 11.4 Å². The third kappa shape index (κ3) is 5.24. The maximum absolute atomic E-state index is 14.3. The second-order valence-electron chi connectivity index (χ2n) is 10.4. The fraction of sp³-hybridized carbons (Fsp3) is 0.194. The van der Waals surface area contributed by atoms with Crippen molar-refractivity contribution in [1.82, 2.24) is 24.4 Å². The summed E-state index contributed by atoms with van der Waals surface area (Å²) >= 11 is 6.40. The lowest BCUT2D eigenvalue weighted by Crippen LogP contribution is -2.45. The van der Waals surface area contributed by atoms with Gasteiger partial charge in [-0.25, -0.2) is 9.37 Å². The Morgan fingerprint density at radius 1 is 1.07 bits per heavy atom. The zero-order valence-electron chi connectivity index (χ0n) is 24.1. The molecule has 3 heterocycles. The van der Waals surface area contributed by atoms with Gasteiger partial charge in [-0.3, -0.25) is 14.2 Å². The van der Waals surface area contributed by atoms with Crippen LogP contribution in [0.4, 0.5) is 22.0 Å². The van der Waals surface area contributed by atoms with Crippen LogP contribution in [0.3, 0.4) is 0 Å². The molecule has 1 aliphatic heterocycles. The van der Waals surface area contributed by atoms with Gasteiger partial charge in [-0.05, 0) is 55.0 Å². The van der Waals surface area contributed by atoms with E-state index >= 15 is 0 Å². The van der Waals surface area contributed by atoms with Crippen molar-refractivity contribution in [1.29, 1.82) is 0 Å². The van der Waals surface area contributed by atoms with E-state index in [1.54, 1.807) is 50.2 Å². The molecule has 0 saturated carbocycles. The number of nitrogens with one attached hydrogen (secondary N) is 1. The van der Waals surface area contributed by atoms with Gasteiger partial charge in [-0.2, -0.15) is 9.97 Å². The second-order valence-corrected chi connectivity index (χ2v) is 10.8. The minimum atomic E-state index is -0.720. The molecule has 13 heteroatoms.